The smallest absolute Gasteiger partial charge is 0.318 e. The number of phenols is 1. The molecule has 0 spiro atoms. The van der Waals surface area contributed by atoms with E-state index in [1.54, 1.807) is 29.4 Å². The number of nitrogens with zero attached hydrogens (tertiary/aromatic N) is 3. The second kappa shape index (κ2) is 9.37. The molecule has 2 heterocycles. The van der Waals surface area contributed by atoms with Gasteiger partial charge in [0.05, 0.1) is 0 Å². The van der Waals surface area contributed by atoms with Crippen LogP contribution >= 0.6 is 0 Å². The fraction of sp³-hybridized carbons (Fsp3) is 0.429. The van der Waals surface area contributed by atoms with Crippen LogP contribution in [0.2, 0.25) is 0 Å². The van der Waals surface area contributed by atoms with Crippen LogP contribution in [-0.4, -0.2) is 51.6 Å². The number of aromatic hydroxyl groups is 1. The van der Waals surface area contributed by atoms with E-state index in [9.17, 15) is 9.90 Å². The molecular weight excluding hydrogens is 340 g/mol. The Labute approximate surface area is 160 Å². The zero-order valence-electron chi connectivity index (χ0n) is 15.8. The summed E-state index contributed by atoms with van der Waals surface area (Å²) in [6, 6.07) is 11.1. The molecule has 0 bridgehead atoms. The largest absolute Gasteiger partial charge is 0.508 e. The highest BCUT2D eigenvalue weighted by Gasteiger charge is 2.20. The third kappa shape index (κ3) is 5.69. The van der Waals surface area contributed by atoms with Crippen molar-refractivity contribution in [2.45, 2.75) is 38.9 Å². The van der Waals surface area contributed by atoms with Gasteiger partial charge in [0, 0.05) is 38.1 Å². The minimum absolute atomic E-state index is 0.0852. The van der Waals surface area contributed by atoms with Crippen LogP contribution in [0, 0.1) is 0 Å². The monoisotopic (exact) mass is 368 g/mol. The number of nitrogens with one attached hydrogen (secondary N) is 1. The molecule has 0 aliphatic carbocycles. The van der Waals surface area contributed by atoms with Crippen LogP contribution in [0.5, 0.6) is 5.75 Å². The van der Waals surface area contributed by atoms with Crippen LogP contribution < -0.4 is 5.32 Å². The molecule has 1 aliphatic heterocycles. The second-order valence-corrected chi connectivity index (χ2v) is 7.16. The predicted molar refractivity (Wildman–Crippen MR) is 105 cm³/mol. The number of carbonyl (C=O) groups is 1. The van der Waals surface area contributed by atoms with Gasteiger partial charge in [-0.25, -0.2) is 4.79 Å². The predicted octanol–water partition coefficient (Wildman–Crippen LogP) is 2.98. The third-order valence-electron chi connectivity index (χ3n) is 5.01. The van der Waals surface area contributed by atoms with Crippen molar-refractivity contribution in [3.8, 4) is 5.75 Å². The number of hydrogen-bond donors (Lipinski definition) is 2. The van der Waals surface area contributed by atoms with E-state index in [-0.39, 0.29) is 11.8 Å². The van der Waals surface area contributed by atoms with Crippen LogP contribution in [0.25, 0.3) is 0 Å². The fourth-order valence-electron chi connectivity index (χ4n) is 3.39. The number of hydrogen-bond acceptors (Lipinski definition) is 4. The van der Waals surface area contributed by atoms with E-state index in [4.69, 9.17) is 0 Å². The lowest BCUT2D eigenvalue weighted by atomic mass is 10.2. The standard InChI is InChI=1S/C21H28N4O2/c1-17(24-11-2-3-12-24)13-23-21(27)25(16-19-5-4-10-22-14-19)15-18-6-8-20(26)9-7-18/h4-10,14,17,26H,2-3,11-13,15-16H2,1H3,(H,23,27)/t17-/m1/s1. The van der Waals surface area contributed by atoms with Gasteiger partial charge in [-0.3, -0.25) is 9.88 Å². The molecule has 2 amide bonds. The Bertz CT molecular complexity index is 715. The minimum Gasteiger partial charge on any atom is -0.508 e. The summed E-state index contributed by atoms with van der Waals surface area (Å²) in [6.45, 7) is 5.99. The van der Waals surface area contributed by atoms with Crippen LogP contribution in [0.4, 0.5) is 4.79 Å². The number of pyridine rings is 1. The molecule has 1 aromatic heterocycles. The van der Waals surface area contributed by atoms with Crippen molar-refractivity contribution >= 4 is 6.03 Å². The van der Waals surface area contributed by atoms with E-state index < -0.39 is 0 Å². The number of benzene rings is 1. The van der Waals surface area contributed by atoms with Gasteiger partial charge in [-0.1, -0.05) is 18.2 Å². The molecule has 0 unspecified atom stereocenters. The van der Waals surface area contributed by atoms with Gasteiger partial charge < -0.3 is 15.3 Å². The van der Waals surface area contributed by atoms with Crippen molar-refractivity contribution in [2.24, 2.45) is 0 Å². The normalized spacial score (nSPS) is 15.4. The molecule has 1 atom stereocenters. The van der Waals surface area contributed by atoms with E-state index in [1.807, 2.05) is 24.3 Å². The van der Waals surface area contributed by atoms with E-state index in [0.717, 1.165) is 24.2 Å². The lowest BCUT2D eigenvalue weighted by molar-refractivity contribution is 0.185. The fourth-order valence-corrected chi connectivity index (χ4v) is 3.39. The Kier molecular flexibility index (Phi) is 6.65. The summed E-state index contributed by atoms with van der Waals surface area (Å²) >= 11 is 0. The highest BCUT2D eigenvalue weighted by Crippen LogP contribution is 2.14. The first-order valence-electron chi connectivity index (χ1n) is 9.55. The Hall–Kier alpha value is -2.60. The summed E-state index contributed by atoms with van der Waals surface area (Å²) in [4.78, 5) is 21.2. The Morgan fingerprint density at radius 2 is 1.89 bits per heavy atom. The lowest BCUT2D eigenvalue weighted by Crippen LogP contribution is -2.45. The van der Waals surface area contributed by atoms with E-state index >= 15 is 0 Å². The summed E-state index contributed by atoms with van der Waals surface area (Å²) in [5.74, 6) is 0.224. The number of carbonyl (C=O) groups excluding carboxylic acids is 1. The number of amides is 2. The van der Waals surface area contributed by atoms with Crippen LogP contribution in [0.1, 0.15) is 30.9 Å². The number of likely N-dealkylation sites (tertiary alicyclic amines) is 1. The summed E-state index contributed by atoms with van der Waals surface area (Å²) in [7, 11) is 0. The lowest BCUT2D eigenvalue weighted by Gasteiger charge is -2.27. The number of phenolic OH excluding ortho intramolecular Hbond substituents is 1. The Morgan fingerprint density at radius 3 is 2.56 bits per heavy atom. The molecule has 1 aliphatic rings. The second-order valence-electron chi connectivity index (χ2n) is 7.16. The van der Waals surface area contributed by atoms with E-state index in [1.165, 1.54) is 12.8 Å². The molecule has 2 N–H and O–H groups in total. The number of rotatable bonds is 7. The van der Waals surface area contributed by atoms with Crippen LogP contribution in [-0.2, 0) is 13.1 Å². The highest BCUT2D eigenvalue weighted by atomic mass is 16.3. The molecule has 144 valence electrons. The first-order valence-corrected chi connectivity index (χ1v) is 9.55. The van der Waals surface area contributed by atoms with Gasteiger partial charge in [0.1, 0.15) is 5.75 Å². The third-order valence-corrected chi connectivity index (χ3v) is 5.01. The van der Waals surface area contributed by atoms with Crippen molar-refractivity contribution in [1.82, 2.24) is 20.1 Å². The molecule has 1 fully saturated rings. The first-order chi connectivity index (χ1) is 13.1. The van der Waals surface area contributed by atoms with Gasteiger partial charge in [-0.15, -0.1) is 0 Å². The summed E-state index contributed by atoms with van der Waals surface area (Å²) in [5.41, 5.74) is 1.96. The van der Waals surface area contributed by atoms with Gasteiger partial charge in [0.2, 0.25) is 0 Å². The summed E-state index contributed by atoms with van der Waals surface area (Å²) in [6.07, 6.45) is 5.99. The van der Waals surface area contributed by atoms with Crippen molar-refractivity contribution in [3.63, 3.8) is 0 Å². The zero-order valence-corrected chi connectivity index (χ0v) is 15.8. The molecule has 0 radical (unpaired) electrons. The molecule has 6 nitrogen and oxygen atoms in total. The van der Waals surface area contributed by atoms with Crippen molar-refractivity contribution in [3.05, 3.63) is 59.9 Å². The van der Waals surface area contributed by atoms with Crippen molar-refractivity contribution < 1.29 is 9.90 Å². The van der Waals surface area contributed by atoms with Crippen molar-refractivity contribution in [1.29, 1.82) is 0 Å². The maximum Gasteiger partial charge on any atom is 0.318 e. The van der Waals surface area contributed by atoms with Crippen LogP contribution in [0.15, 0.2) is 48.8 Å². The van der Waals surface area contributed by atoms with Gasteiger partial charge in [0.25, 0.3) is 0 Å². The SMILES string of the molecule is C[C@H](CNC(=O)N(Cc1ccc(O)cc1)Cc1cccnc1)N1CCCC1. The van der Waals surface area contributed by atoms with Crippen LogP contribution in [0.3, 0.4) is 0 Å². The first kappa shape index (κ1) is 19.2. The van der Waals surface area contributed by atoms with Gasteiger partial charge >= 0.3 is 6.03 Å². The maximum atomic E-state index is 12.9. The Morgan fingerprint density at radius 1 is 1.19 bits per heavy atom. The van der Waals surface area contributed by atoms with Gasteiger partial charge in [0.15, 0.2) is 0 Å². The van der Waals surface area contributed by atoms with E-state index in [0.29, 0.717) is 25.7 Å². The summed E-state index contributed by atoms with van der Waals surface area (Å²) in [5, 5.41) is 12.6. The molecule has 1 saturated heterocycles. The quantitative estimate of drug-likeness (QED) is 0.788. The van der Waals surface area contributed by atoms with Crippen molar-refractivity contribution in [2.75, 3.05) is 19.6 Å². The average Bonchev–Trinajstić information content (AvgIpc) is 3.23. The zero-order chi connectivity index (χ0) is 19.1. The average molecular weight is 368 g/mol. The molecule has 27 heavy (non-hydrogen) atoms. The van der Waals surface area contributed by atoms with Gasteiger partial charge in [-0.2, -0.15) is 0 Å². The highest BCUT2D eigenvalue weighted by molar-refractivity contribution is 5.74. The Balaban J connectivity index is 1.63. The molecule has 2 aromatic rings. The molecule has 3 rings (SSSR count). The molecule has 1 aromatic carbocycles. The summed E-state index contributed by atoms with van der Waals surface area (Å²) < 4.78 is 0. The minimum atomic E-state index is -0.0852. The number of aromatic nitrogens is 1. The topological polar surface area (TPSA) is 68.7 Å². The number of urea groups is 1. The molecule has 6 heteroatoms. The molecule has 0 saturated carbocycles. The van der Waals surface area contributed by atoms with E-state index in [2.05, 4.69) is 22.1 Å². The maximum absolute atomic E-state index is 12.9. The molecular formula is C21H28N4O2. The van der Waals surface area contributed by atoms with Gasteiger partial charge in [-0.05, 0) is 62.2 Å².